The molecule has 132 valence electrons. The Labute approximate surface area is 151 Å². The predicted molar refractivity (Wildman–Crippen MR) is 98.7 cm³/mol. The maximum absolute atomic E-state index is 12.4. The van der Waals surface area contributed by atoms with E-state index >= 15 is 0 Å². The summed E-state index contributed by atoms with van der Waals surface area (Å²) in [5.41, 5.74) is 1.72. The Kier molecular flexibility index (Phi) is 4.29. The van der Waals surface area contributed by atoms with E-state index in [2.05, 4.69) is 22.2 Å². The van der Waals surface area contributed by atoms with Gasteiger partial charge in [-0.05, 0) is 49.9 Å². The second-order valence-corrected chi connectivity index (χ2v) is 7.85. The molecule has 6 heteroatoms. The third kappa shape index (κ3) is 3.31. The maximum atomic E-state index is 12.4. The van der Waals surface area contributed by atoms with Crippen LogP contribution in [0.1, 0.15) is 25.0 Å². The van der Waals surface area contributed by atoms with Crippen molar-refractivity contribution in [3.05, 3.63) is 45.2 Å². The molecular formula is C19H22ClN3O2. The zero-order chi connectivity index (χ0) is 17.6. The molecule has 1 aliphatic carbocycles. The molecule has 4 rings (SSSR count). The van der Waals surface area contributed by atoms with E-state index in [1.165, 1.54) is 0 Å². The number of H-pyrrole nitrogens is 1. The van der Waals surface area contributed by atoms with Crippen LogP contribution in [-0.2, 0) is 11.3 Å². The highest BCUT2D eigenvalue weighted by Crippen LogP contribution is 2.38. The number of aromatic amines is 1. The average Bonchev–Trinajstić information content (AvgIpc) is 2.99. The zero-order valence-corrected chi connectivity index (χ0v) is 15.0. The molecule has 0 radical (unpaired) electrons. The first-order valence-corrected chi connectivity index (χ1v) is 9.16. The molecule has 25 heavy (non-hydrogen) atoms. The lowest BCUT2D eigenvalue weighted by molar-refractivity contribution is -0.124. The summed E-state index contributed by atoms with van der Waals surface area (Å²) in [6.07, 6.45) is 2.82. The maximum Gasteiger partial charge on any atom is 0.220 e. The fourth-order valence-corrected chi connectivity index (χ4v) is 4.52. The number of nitrogens with zero attached hydrogens (tertiary/aromatic N) is 1. The summed E-state index contributed by atoms with van der Waals surface area (Å²) in [6.45, 7) is 1.50. The first-order valence-electron chi connectivity index (χ1n) is 8.78. The van der Waals surface area contributed by atoms with Gasteiger partial charge in [-0.3, -0.25) is 14.5 Å². The molecule has 0 bridgehead atoms. The van der Waals surface area contributed by atoms with Gasteiger partial charge in [0.25, 0.3) is 0 Å². The van der Waals surface area contributed by atoms with Crippen molar-refractivity contribution in [2.24, 2.45) is 11.8 Å². The summed E-state index contributed by atoms with van der Waals surface area (Å²) < 4.78 is 0. The first kappa shape index (κ1) is 16.6. The largest absolute Gasteiger partial charge is 0.357 e. The topological polar surface area (TPSA) is 65.2 Å². The van der Waals surface area contributed by atoms with Crippen LogP contribution in [0.5, 0.6) is 0 Å². The number of pyridine rings is 1. The summed E-state index contributed by atoms with van der Waals surface area (Å²) >= 11 is 5.98. The van der Waals surface area contributed by atoms with E-state index in [0.29, 0.717) is 41.3 Å². The fourth-order valence-electron chi connectivity index (χ4n) is 4.35. The van der Waals surface area contributed by atoms with Crippen molar-refractivity contribution in [3.8, 4) is 0 Å². The molecule has 2 aliphatic rings. The summed E-state index contributed by atoms with van der Waals surface area (Å²) in [5, 5.41) is 4.17. The molecule has 5 nitrogen and oxygen atoms in total. The van der Waals surface area contributed by atoms with Gasteiger partial charge in [-0.15, -0.1) is 0 Å². The van der Waals surface area contributed by atoms with Gasteiger partial charge >= 0.3 is 0 Å². The van der Waals surface area contributed by atoms with Gasteiger partial charge in [-0.2, -0.15) is 0 Å². The molecule has 0 unspecified atom stereocenters. The first-order chi connectivity index (χ1) is 12.0. The number of amides is 1. The lowest BCUT2D eigenvalue weighted by Gasteiger charge is -2.24. The number of fused-ring (bicyclic) bond motifs is 2. The van der Waals surface area contributed by atoms with Crippen molar-refractivity contribution in [1.29, 1.82) is 0 Å². The highest BCUT2D eigenvalue weighted by Gasteiger charge is 2.39. The summed E-state index contributed by atoms with van der Waals surface area (Å²) in [7, 11) is 2.10. The Morgan fingerprint density at radius 3 is 2.84 bits per heavy atom. The van der Waals surface area contributed by atoms with E-state index in [0.717, 1.165) is 30.6 Å². The van der Waals surface area contributed by atoms with Gasteiger partial charge in [0, 0.05) is 53.2 Å². The number of nitrogens with one attached hydrogen (secondary N) is 2. The standard InChI is InChI=1S/C19H22ClN3O2/c1-23(15-4-11-6-19(25)21-9-12(11)5-15)10-14-8-18(24)16-7-13(20)2-3-17(16)22-14/h2-3,7-8,11-12,15H,4-6,9-10H2,1H3,(H,21,25)(H,22,24)/t11-,12+,15-/m1/s1. The van der Waals surface area contributed by atoms with E-state index in [9.17, 15) is 9.59 Å². The highest BCUT2D eigenvalue weighted by atomic mass is 35.5. The molecular weight excluding hydrogens is 338 g/mol. The minimum absolute atomic E-state index is 0.00506. The van der Waals surface area contributed by atoms with Gasteiger partial charge in [0.15, 0.2) is 5.43 Å². The number of halogens is 1. The fraction of sp³-hybridized carbons (Fsp3) is 0.474. The van der Waals surface area contributed by atoms with Gasteiger partial charge in [0.05, 0.1) is 0 Å². The number of aromatic nitrogens is 1. The third-order valence-electron chi connectivity index (χ3n) is 5.72. The number of hydrogen-bond donors (Lipinski definition) is 2. The Morgan fingerprint density at radius 1 is 1.20 bits per heavy atom. The van der Waals surface area contributed by atoms with Crippen molar-refractivity contribution in [1.82, 2.24) is 15.2 Å². The van der Waals surface area contributed by atoms with Gasteiger partial charge in [-0.25, -0.2) is 0 Å². The van der Waals surface area contributed by atoms with Crippen LogP contribution >= 0.6 is 11.6 Å². The minimum Gasteiger partial charge on any atom is -0.357 e. The monoisotopic (exact) mass is 359 g/mol. The summed E-state index contributed by atoms with van der Waals surface area (Å²) in [4.78, 5) is 29.6. The number of carbonyl (C=O) groups excluding carboxylic acids is 1. The van der Waals surface area contributed by atoms with Gasteiger partial charge in [0.1, 0.15) is 0 Å². The Bertz CT molecular complexity index is 879. The molecule has 1 aliphatic heterocycles. The molecule has 1 saturated carbocycles. The Morgan fingerprint density at radius 2 is 2.00 bits per heavy atom. The second kappa shape index (κ2) is 6.46. The molecule has 1 aromatic heterocycles. The zero-order valence-electron chi connectivity index (χ0n) is 14.2. The normalized spacial score (nSPS) is 26.0. The number of benzene rings is 1. The molecule has 1 aromatic carbocycles. The van der Waals surface area contributed by atoms with Crippen LogP contribution in [0.15, 0.2) is 29.1 Å². The van der Waals surface area contributed by atoms with Crippen LogP contribution in [0.3, 0.4) is 0 Å². The minimum atomic E-state index is -0.00506. The van der Waals surface area contributed by atoms with E-state index in [4.69, 9.17) is 11.6 Å². The molecule has 0 spiro atoms. The second-order valence-electron chi connectivity index (χ2n) is 7.42. The van der Waals surface area contributed by atoms with Gasteiger partial charge < -0.3 is 10.3 Å². The van der Waals surface area contributed by atoms with Crippen LogP contribution in [0.2, 0.25) is 5.02 Å². The SMILES string of the molecule is CN(Cc1cc(=O)c2cc(Cl)ccc2[nH]1)[C@H]1C[C@H]2CNC(=O)C[C@H]2C1. The van der Waals surface area contributed by atoms with Crippen molar-refractivity contribution in [3.63, 3.8) is 0 Å². The summed E-state index contributed by atoms with van der Waals surface area (Å²) in [5.74, 6) is 1.27. The van der Waals surface area contributed by atoms with Crippen LogP contribution in [0.4, 0.5) is 0 Å². The van der Waals surface area contributed by atoms with Gasteiger partial charge in [0.2, 0.25) is 5.91 Å². The molecule has 2 aromatic rings. The third-order valence-corrected chi connectivity index (χ3v) is 5.95. The predicted octanol–water partition coefficient (Wildman–Crippen LogP) is 2.53. The highest BCUT2D eigenvalue weighted by molar-refractivity contribution is 6.31. The smallest absolute Gasteiger partial charge is 0.220 e. The van der Waals surface area contributed by atoms with E-state index in [1.807, 2.05) is 6.07 Å². The van der Waals surface area contributed by atoms with Crippen LogP contribution in [0.25, 0.3) is 10.9 Å². The quantitative estimate of drug-likeness (QED) is 0.885. The van der Waals surface area contributed by atoms with Crippen LogP contribution in [-0.4, -0.2) is 35.4 Å². The number of carbonyl (C=O) groups is 1. The van der Waals surface area contributed by atoms with Crippen molar-refractivity contribution >= 4 is 28.4 Å². The van der Waals surface area contributed by atoms with E-state index < -0.39 is 0 Å². The number of piperidine rings is 1. The lowest BCUT2D eigenvalue weighted by atomic mass is 9.89. The lowest BCUT2D eigenvalue weighted by Crippen LogP contribution is -2.38. The molecule has 2 heterocycles. The number of rotatable bonds is 3. The molecule has 1 saturated heterocycles. The molecule has 2 N–H and O–H groups in total. The van der Waals surface area contributed by atoms with Crippen LogP contribution < -0.4 is 10.7 Å². The van der Waals surface area contributed by atoms with Crippen molar-refractivity contribution in [2.45, 2.75) is 31.8 Å². The van der Waals surface area contributed by atoms with Crippen molar-refractivity contribution in [2.75, 3.05) is 13.6 Å². The molecule has 2 fully saturated rings. The van der Waals surface area contributed by atoms with E-state index in [-0.39, 0.29) is 11.3 Å². The van der Waals surface area contributed by atoms with Gasteiger partial charge in [-0.1, -0.05) is 11.6 Å². The molecule has 3 atom stereocenters. The van der Waals surface area contributed by atoms with E-state index in [1.54, 1.807) is 18.2 Å². The molecule has 1 amide bonds. The van der Waals surface area contributed by atoms with Crippen molar-refractivity contribution < 1.29 is 4.79 Å². The summed E-state index contributed by atoms with van der Waals surface area (Å²) in [6, 6.07) is 7.47. The number of hydrogen-bond acceptors (Lipinski definition) is 3. The van der Waals surface area contributed by atoms with Crippen LogP contribution in [0, 0.1) is 11.8 Å². The Hall–Kier alpha value is -1.85. The average molecular weight is 360 g/mol. The Balaban J connectivity index is 1.50.